The van der Waals surface area contributed by atoms with Crippen LogP contribution in [0, 0.1) is 28.6 Å². The van der Waals surface area contributed by atoms with E-state index in [0.29, 0.717) is 30.6 Å². The van der Waals surface area contributed by atoms with Crippen LogP contribution in [-0.4, -0.2) is 39.9 Å². The number of Topliss-reactive ketones (excluding diaryl/α,β-unsaturated/α-hetero) is 1. The van der Waals surface area contributed by atoms with E-state index < -0.39 is 5.60 Å². The van der Waals surface area contributed by atoms with E-state index in [1.54, 1.807) is 6.92 Å². The predicted molar refractivity (Wildman–Crippen MR) is 92.9 cm³/mol. The molecule has 2 bridgehead atoms. The fourth-order valence-electron chi connectivity index (χ4n) is 8.54. The number of ether oxygens (including phenoxy) is 1. The molecule has 2 N–H and O–H groups in total. The highest BCUT2D eigenvalue weighted by atomic mass is 16.5. The molecule has 5 aliphatic rings. The molecule has 1 heterocycles. The molecule has 0 unspecified atom stereocenters. The van der Waals surface area contributed by atoms with Crippen LogP contribution in [0.5, 0.6) is 0 Å². The Kier molecular flexibility index (Phi) is 3.26. The maximum atomic E-state index is 12.3. The van der Waals surface area contributed by atoms with E-state index in [9.17, 15) is 15.0 Å². The normalized spacial score (nSPS) is 59.8. The Hall–Kier alpha value is -0.450. The van der Waals surface area contributed by atoms with Gasteiger partial charge in [0, 0.05) is 17.8 Å². The minimum absolute atomic E-state index is 0.0670. The summed E-state index contributed by atoms with van der Waals surface area (Å²) in [5, 5.41) is 21.7. The van der Waals surface area contributed by atoms with Crippen molar-refractivity contribution in [2.24, 2.45) is 28.6 Å². The Balaban J connectivity index is 1.56. The lowest BCUT2D eigenvalue weighted by atomic mass is 9.42. The fourth-order valence-corrected chi connectivity index (χ4v) is 8.54. The molecule has 1 spiro atoms. The molecule has 4 heteroatoms. The Morgan fingerprint density at radius 2 is 1.84 bits per heavy atom. The largest absolute Gasteiger partial charge is 0.393 e. The van der Waals surface area contributed by atoms with E-state index in [-0.39, 0.29) is 28.5 Å². The topological polar surface area (TPSA) is 66.8 Å². The van der Waals surface area contributed by atoms with E-state index in [0.717, 1.165) is 51.4 Å². The third kappa shape index (κ3) is 1.77. The molecule has 5 fully saturated rings. The molecule has 0 amide bonds. The maximum Gasteiger partial charge on any atom is 0.133 e. The quantitative estimate of drug-likeness (QED) is 0.765. The number of fused-ring (bicyclic) bond motifs is 1. The molecule has 0 aromatic heterocycles. The highest BCUT2D eigenvalue weighted by molar-refractivity contribution is 5.79. The van der Waals surface area contributed by atoms with Gasteiger partial charge in [0.15, 0.2) is 0 Å². The number of carbonyl (C=O) groups excluding carboxylic acids is 1. The third-order valence-corrected chi connectivity index (χ3v) is 9.60. The SMILES string of the molecule is CC(=O)[C@@H]1CC[C@H]2[C@@]1(C)CC[C@@H]1[C@]23CC[C@@]2(O)C[C@H](O)CC[C@@]12CO3. The molecule has 1 saturated heterocycles. The van der Waals surface area contributed by atoms with Gasteiger partial charge in [-0.25, -0.2) is 0 Å². The van der Waals surface area contributed by atoms with Crippen LogP contribution in [0.1, 0.15) is 71.6 Å². The van der Waals surface area contributed by atoms with E-state index >= 15 is 0 Å². The average molecular weight is 348 g/mol. The lowest BCUT2D eigenvalue weighted by Gasteiger charge is -2.63. The van der Waals surface area contributed by atoms with E-state index in [2.05, 4.69) is 6.92 Å². The molecule has 0 aromatic carbocycles. The van der Waals surface area contributed by atoms with Gasteiger partial charge in [-0.2, -0.15) is 0 Å². The van der Waals surface area contributed by atoms with Gasteiger partial charge in [0.1, 0.15) is 5.78 Å². The van der Waals surface area contributed by atoms with Crippen molar-refractivity contribution in [3.63, 3.8) is 0 Å². The van der Waals surface area contributed by atoms with E-state index in [1.807, 2.05) is 0 Å². The summed E-state index contributed by atoms with van der Waals surface area (Å²) in [6, 6.07) is 0. The van der Waals surface area contributed by atoms with Gasteiger partial charge in [0.25, 0.3) is 0 Å². The summed E-state index contributed by atoms with van der Waals surface area (Å²) in [7, 11) is 0. The number of carbonyl (C=O) groups is 1. The summed E-state index contributed by atoms with van der Waals surface area (Å²) in [6.45, 7) is 4.75. The first kappa shape index (κ1) is 16.7. The minimum Gasteiger partial charge on any atom is -0.393 e. The average Bonchev–Trinajstić information content (AvgIpc) is 3.03. The number of aliphatic hydroxyl groups is 2. The molecule has 4 aliphatic carbocycles. The Morgan fingerprint density at radius 3 is 2.60 bits per heavy atom. The second kappa shape index (κ2) is 4.88. The monoisotopic (exact) mass is 348 g/mol. The zero-order valence-electron chi connectivity index (χ0n) is 15.6. The summed E-state index contributed by atoms with van der Waals surface area (Å²) in [5.41, 5.74) is -0.995. The van der Waals surface area contributed by atoms with Crippen molar-refractivity contribution < 1.29 is 19.7 Å². The van der Waals surface area contributed by atoms with Crippen LogP contribution in [-0.2, 0) is 9.53 Å². The van der Waals surface area contributed by atoms with Crippen molar-refractivity contribution in [2.75, 3.05) is 6.61 Å². The molecule has 25 heavy (non-hydrogen) atoms. The van der Waals surface area contributed by atoms with Crippen LogP contribution >= 0.6 is 0 Å². The number of hydrogen-bond acceptors (Lipinski definition) is 4. The van der Waals surface area contributed by atoms with Gasteiger partial charge in [-0.3, -0.25) is 4.79 Å². The lowest BCUT2D eigenvalue weighted by Crippen LogP contribution is -2.66. The Labute approximate surface area is 150 Å². The van der Waals surface area contributed by atoms with Crippen LogP contribution in [0.2, 0.25) is 0 Å². The summed E-state index contributed by atoms with van der Waals surface area (Å²) in [5.74, 6) is 1.38. The third-order valence-electron chi connectivity index (χ3n) is 9.60. The smallest absolute Gasteiger partial charge is 0.133 e. The summed E-state index contributed by atoms with van der Waals surface area (Å²) >= 11 is 0. The summed E-state index contributed by atoms with van der Waals surface area (Å²) in [4.78, 5) is 12.3. The maximum absolute atomic E-state index is 12.3. The van der Waals surface area contributed by atoms with Crippen molar-refractivity contribution >= 4 is 5.78 Å². The van der Waals surface area contributed by atoms with Crippen molar-refractivity contribution in [2.45, 2.75) is 88.9 Å². The molecular formula is C21H32O4. The van der Waals surface area contributed by atoms with Crippen LogP contribution in [0.4, 0.5) is 0 Å². The van der Waals surface area contributed by atoms with Crippen LogP contribution in [0.3, 0.4) is 0 Å². The van der Waals surface area contributed by atoms with Gasteiger partial charge in [0.2, 0.25) is 0 Å². The van der Waals surface area contributed by atoms with Gasteiger partial charge in [-0.05, 0) is 75.5 Å². The molecule has 5 rings (SSSR count). The summed E-state index contributed by atoms with van der Waals surface area (Å²) in [6.07, 6.45) is 7.71. The zero-order valence-corrected chi connectivity index (χ0v) is 15.6. The Morgan fingerprint density at radius 1 is 1.04 bits per heavy atom. The van der Waals surface area contributed by atoms with Gasteiger partial charge < -0.3 is 14.9 Å². The number of ketones is 1. The van der Waals surface area contributed by atoms with Gasteiger partial charge in [0.05, 0.1) is 23.9 Å². The van der Waals surface area contributed by atoms with Gasteiger partial charge in [-0.1, -0.05) is 6.92 Å². The van der Waals surface area contributed by atoms with Crippen LogP contribution in [0.15, 0.2) is 0 Å². The van der Waals surface area contributed by atoms with Crippen molar-refractivity contribution in [3.05, 3.63) is 0 Å². The highest BCUT2D eigenvalue weighted by Crippen LogP contribution is 2.74. The first-order chi connectivity index (χ1) is 11.8. The van der Waals surface area contributed by atoms with Crippen LogP contribution in [0.25, 0.3) is 0 Å². The van der Waals surface area contributed by atoms with E-state index in [4.69, 9.17) is 4.74 Å². The van der Waals surface area contributed by atoms with Crippen molar-refractivity contribution in [3.8, 4) is 0 Å². The molecule has 0 radical (unpaired) electrons. The zero-order chi connectivity index (χ0) is 17.7. The molecular weight excluding hydrogens is 316 g/mol. The molecule has 8 atom stereocenters. The number of hydrogen-bond donors (Lipinski definition) is 2. The highest BCUT2D eigenvalue weighted by Gasteiger charge is 2.76. The second-order valence-corrected chi connectivity index (χ2v) is 10.2. The predicted octanol–water partition coefficient (Wildman–Crippen LogP) is 2.84. The summed E-state index contributed by atoms with van der Waals surface area (Å²) < 4.78 is 6.68. The van der Waals surface area contributed by atoms with Gasteiger partial charge >= 0.3 is 0 Å². The molecule has 0 aromatic rings. The lowest BCUT2D eigenvalue weighted by molar-refractivity contribution is -0.215. The first-order valence-electron chi connectivity index (χ1n) is 10.3. The molecule has 4 saturated carbocycles. The fraction of sp³-hybridized carbons (Fsp3) is 0.952. The minimum atomic E-state index is -0.762. The molecule has 4 nitrogen and oxygen atoms in total. The molecule has 1 aliphatic heterocycles. The van der Waals surface area contributed by atoms with Gasteiger partial charge in [-0.15, -0.1) is 0 Å². The second-order valence-electron chi connectivity index (χ2n) is 10.2. The van der Waals surface area contributed by atoms with E-state index in [1.165, 1.54) is 0 Å². The standard InChI is InChI=1S/C21H32O4/c1-13(22)15-3-4-16-18(15,2)7-6-17-19-8-5-14(23)11-20(19,24)9-10-21(16,17)25-12-19/h14-17,23-24H,3-12H2,1-2H3/t14-,15+,16+,17+,18+,19-,20-,21+/m1/s1. The first-order valence-corrected chi connectivity index (χ1v) is 10.3. The van der Waals surface area contributed by atoms with Crippen LogP contribution < -0.4 is 0 Å². The van der Waals surface area contributed by atoms with Crippen molar-refractivity contribution in [1.29, 1.82) is 0 Å². The number of aliphatic hydroxyl groups excluding tert-OH is 1. The van der Waals surface area contributed by atoms with Crippen molar-refractivity contribution in [1.82, 2.24) is 0 Å². The Bertz CT molecular complexity index is 619. The molecule has 140 valence electrons. The number of rotatable bonds is 1.